The number of hydrogen-bond donors (Lipinski definition) is 0. The molecule has 0 radical (unpaired) electrons. The summed E-state index contributed by atoms with van der Waals surface area (Å²) >= 11 is 0. The number of nitrogens with zero attached hydrogens (tertiary/aromatic N) is 4. The minimum Gasteiger partial charge on any atom is -0.345 e. The zero-order valence-corrected chi connectivity index (χ0v) is 19.7. The van der Waals surface area contributed by atoms with E-state index in [2.05, 4.69) is 41.2 Å². The third-order valence-electron chi connectivity index (χ3n) is 7.80. The lowest BCUT2D eigenvalue weighted by atomic mass is 9.95. The van der Waals surface area contributed by atoms with Gasteiger partial charge in [0.15, 0.2) is 0 Å². The topological polar surface area (TPSA) is 48.8 Å². The summed E-state index contributed by atoms with van der Waals surface area (Å²) in [5.74, 6) is 0.411. The summed E-state index contributed by atoms with van der Waals surface area (Å²) in [5, 5.41) is 0. The molecule has 1 aromatic heterocycles. The van der Waals surface area contributed by atoms with Crippen molar-refractivity contribution < 1.29 is 9.59 Å². The van der Waals surface area contributed by atoms with E-state index in [-0.39, 0.29) is 11.8 Å². The van der Waals surface area contributed by atoms with Gasteiger partial charge in [0.1, 0.15) is 0 Å². The number of piperidine rings is 1. The number of aryl methyl sites for hydroxylation is 1. The molecule has 2 aliphatic heterocycles. The summed E-state index contributed by atoms with van der Waals surface area (Å²) in [6, 6.07) is 3.01. The van der Waals surface area contributed by atoms with E-state index in [4.69, 9.17) is 0 Å². The molecular formula is C25H40N4O2. The monoisotopic (exact) mass is 428 g/mol. The predicted molar refractivity (Wildman–Crippen MR) is 123 cm³/mol. The summed E-state index contributed by atoms with van der Waals surface area (Å²) < 4.78 is 2.42. The van der Waals surface area contributed by atoms with Gasteiger partial charge in [-0.3, -0.25) is 14.5 Å². The fraction of sp³-hybridized carbons (Fsp3) is 0.760. The molecule has 3 fully saturated rings. The Kier molecular flexibility index (Phi) is 7.05. The molecule has 0 aromatic carbocycles. The summed E-state index contributed by atoms with van der Waals surface area (Å²) in [7, 11) is 0. The first-order chi connectivity index (χ1) is 15.0. The van der Waals surface area contributed by atoms with Gasteiger partial charge in [-0.15, -0.1) is 0 Å². The summed E-state index contributed by atoms with van der Waals surface area (Å²) in [6.45, 7) is 10.8. The van der Waals surface area contributed by atoms with Crippen molar-refractivity contribution in [2.24, 2.45) is 0 Å². The Bertz CT molecular complexity index is 788. The van der Waals surface area contributed by atoms with Crippen LogP contribution in [0, 0.1) is 13.8 Å². The van der Waals surface area contributed by atoms with Crippen LogP contribution >= 0.6 is 0 Å². The molecule has 1 unspecified atom stereocenters. The number of carbonyl (C=O) groups excluding carboxylic acids is 2. The van der Waals surface area contributed by atoms with Crippen molar-refractivity contribution in [2.45, 2.75) is 84.2 Å². The standard InChI is InChI=1S/C25H40N4O2/c1-19-9-7-8-12-28(19)24(30)18-26-13-15-27(16-14-26)25(31)23-17-20(2)29(21(23)3)22-10-5-4-6-11-22/h17,19,22H,4-16,18H2,1-3H3. The largest absolute Gasteiger partial charge is 0.345 e. The maximum atomic E-state index is 13.3. The van der Waals surface area contributed by atoms with Crippen molar-refractivity contribution in [1.29, 1.82) is 0 Å². The highest BCUT2D eigenvalue weighted by Crippen LogP contribution is 2.32. The highest BCUT2D eigenvalue weighted by molar-refractivity contribution is 5.95. The average Bonchev–Trinajstić information content (AvgIpc) is 3.08. The van der Waals surface area contributed by atoms with Crippen LogP contribution in [-0.2, 0) is 4.79 Å². The Labute approximate surface area is 187 Å². The Hall–Kier alpha value is -1.82. The first-order valence-electron chi connectivity index (χ1n) is 12.4. The molecule has 172 valence electrons. The van der Waals surface area contributed by atoms with Gasteiger partial charge in [0.05, 0.1) is 12.1 Å². The Balaban J connectivity index is 1.34. The van der Waals surface area contributed by atoms with Gasteiger partial charge in [-0.05, 0) is 58.9 Å². The van der Waals surface area contributed by atoms with E-state index in [9.17, 15) is 9.59 Å². The van der Waals surface area contributed by atoms with Crippen LogP contribution in [0.2, 0.25) is 0 Å². The minimum absolute atomic E-state index is 0.158. The molecule has 31 heavy (non-hydrogen) atoms. The van der Waals surface area contributed by atoms with Crippen LogP contribution in [0.25, 0.3) is 0 Å². The van der Waals surface area contributed by atoms with Gasteiger partial charge in [-0.2, -0.15) is 0 Å². The van der Waals surface area contributed by atoms with E-state index in [1.54, 1.807) is 0 Å². The lowest BCUT2D eigenvalue weighted by Gasteiger charge is -2.38. The molecule has 1 aromatic rings. The summed E-state index contributed by atoms with van der Waals surface area (Å²) in [4.78, 5) is 32.3. The number of likely N-dealkylation sites (tertiary alicyclic amines) is 1. The quantitative estimate of drug-likeness (QED) is 0.734. The van der Waals surface area contributed by atoms with Crippen LogP contribution in [0.3, 0.4) is 0 Å². The molecule has 4 rings (SSSR count). The third-order valence-corrected chi connectivity index (χ3v) is 7.80. The highest BCUT2D eigenvalue weighted by Gasteiger charge is 2.29. The molecule has 6 nitrogen and oxygen atoms in total. The zero-order chi connectivity index (χ0) is 22.0. The second-order valence-corrected chi connectivity index (χ2v) is 9.95. The highest BCUT2D eigenvalue weighted by atomic mass is 16.2. The average molecular weight is 429 g/mol. The molecular weight excluding hydrogens is 388 g/mol. The maximum absolute atomic E-state index is 13.3. The van der Waals surface area contributed by atoms with Gasteiger partial charge in [0.25, 0.3) is 5.91 Å². The van der Waals surface area contributed by atoms with Crippen molar-refractivity contribution in [3.63, 3.8) is 0 Å². The number of hydrogen-bond acceptors (Lipinski definition) is 3. The lowest BCUT2D eigenvalue weighted by Crippen LogP contribution is -2.53. The van der Waals surface area contributed by atoms with Crippen molar-refractivity contribution in [1.82, 2.24) is 19.3 Å². The second-order valence-electron chi connectivity index (χ2n) is 9.95. The molecule has 0 bridgehead atoms. The van der Waals surface area contributed by atoms with Gasteiger partial charge in [-0.1, -0.05) is 19.3 Å². The normalized spacial score (nSPS) is 23.9. The van der Waals surface area contributed by atoms with E-state index >= 15 is 0 Å². The van der Waals surface area contributed by atoms with Crippen LogP contribution in [0.4, 0.5) is 0 Å². The Morgan fingerprint density at radius 3 is 2.26 bits per heavy atom. The van der Waals surface area contributed by atoms with Crippen molar-refractivity contribution in [3.05, 3.63) is 23.0 Å². The van der Waals surface area contributed by atoms with Crippen molar-refractivity contribution >= 4 is 11.8 Å². The molecule has 1 atom stereocenters. The minimum atomic E-state index is 0.158. The molecule has 2 amide bonds. The molecule has 2 saturated heterocycles. The van der Waals surface area contributed by atoms with Gasteiger partial charge in [-0.25, -0.2) is 0 Å². The molecule has 1 aliphatic carbocycles. The molecule has 0 spiro atoms. The molecule has 1 saturated carbocycles. The SMILES string of the molecule is Cc1cc(C(=O)N2CCN(CC(=O)N3CCCCC3C)CC2)c(C)n1C1CCCCC1. The molecule has 6 heteroatoms. The first kappa shape index (κ1) is 22.4. The van der Waals surface area contributed by atoms with E-state index in [0.29, 0.717) is 31.7 Å². The number of piperazine rings is 1. The smallest absolute Gasteiger partial charge is 0.255 e. The number of rotatable bonds is 4. The van der Waals surface area contributed by atoms with E-state index < -0.39 is 0 Å². The van der Waals surface area contributed by atoms with Crippen LogP contribution in [0.15, 0.2) is 6.07 Å². The van der Waals surface area contributed by atoms with Crippen LogP contribution in [0.1, 0.15) is 86.1 Å². The lowest BCUT2D eigenvalue weighted by molar-refractivity contribution is -0.136. The van der Waals surface area contributed by atoms with Gasteiger partial charge >= 0.3 is 0 Å². The number of carbonyl (C=O) groups is 2. The van der Waals surface area contributed by atoms with E-state index in [1.165, 1.54) is 44.2 Å². The third kappa shape index (κ3) is 4.84. The first-order valence-corrected chi connectivity index (χ1v) is 12.4. The van der Waals surface area contributed by atoms with Gasteiger partial charge < -0.3 is 14.4 Å². The van der Waals surface area contributed by atoms with E-state index in [1.807, 2.05) is 4.90 Å². The predicted octanol–water partition coefficient (Wildman–Crippen LogP) is 3.77. The zero-order valence-electron chi connectivity index (χ0n) is 19.7. The summed E-state index contributed by atoms with van der Waals surface area (Å²) in [6.07, 6.45) is 9.85. The Morgan fingerprint density at radius 1 is 0.903 bits per heavy atom. The van der Waals surface area contributed by atoms with Crippen LogP contribution in [-0.4, -0.2) is 76.4 Å². The molecule has 3 heterocycles. The fourth-order valence-electron chi connectivity index (χ4n) is 5.92. The molecule has 3 aliphatic rings. The van der Waals surface area contributed by atoms with Crippen molar-refractivity contribution in [3.8, 4) is 0 Å². The second kappa shape index (κ2) is 9.76. The molecule has 0 N–H and O–H groups in total. The number of amides is 2. The van der Waals surface area contributed by atoms with Crippen LogP contribution < -0.4 is 0 Å². The van der Waals surface area contributed by atoms with Gasteiger partial charge in [0.2, 0.25) is 5.91 Å². The number of aromatic nitrogens is 1. The van der Waals surface area contributed by atoms with E-state index in [0.717, 1.165) is 43.7 Å². The van der Waals surface area contributed by atoms with Crippen LogP contribution in [0.5, 0.6) is 0 Å². The van der Waals surface area contributed by atoms with Gasteiger partial charge in [0, 0.05) is 56.2 Å². The van der Waals surface area contributed by atoms with Crippen molar-refractivity contribution in [2.75, 3.05) is 39.3 Å². The summed E-state index contributed by atoms with van der Waals surface area (Å²) in [5.41, 5.74) is 3.22. The maximum Gasteiger partial charge on any atom is 0.255 e. The Morgan fingerprint density at radius 2 is 1.58 bits per heavy atom. The fourth-order valence-corrected chi connectivity index (χ4v) is 5.92.